The first-order valence-corrected chi connectivity index (χ1v) is 6.60. The van der Waals surface area contributed by atoms with Gasteiger partial charge in [0.05, 0.1) is 10.6 Å². The number of halogens is 2. The van der Waals surface area contributed by atoms with Crippen LogP contribution in [0.15, 0.2) is 18.2 Å². The third kappa shape index (κ3) is 2.77. The van der Waals surface area contributed by atoms with E-state index >= 15 is 0 Å². The predicted octanol–water partition coefficient (Wildman–Crippen LogP) is 3.40. The van der Waals surface area contributed by atoms with Crippen molar-refractivity contribution in [3.8, 4) is 0 Å². The first kappa shape index (κ1) is 12.8. The van der Waals surface area contributed by atoms with Crippen molar-refractivity contribution in [2.24, 2.45) is 5.73 Å². The molecule has 0 spiro atoms. The summed E-state index contributed by atoms with van der Waals surface area (Å²) in [5.74, 6) is 0. The highest BCUT2D eigenvalue weighted by atomic mass is 35.5. The molecular formula is C11H11Cl2N3S. The second-order valence-corrected chi connectivity index (χ2v) is 5.33. The second kappa shape index (κ2) is 5.31. The highest BCUT2D eigenvalue weighted by molar-refractivity contribution is 7.05. The van der Waals surface area contributed by atoms with Gasteiger partial charge < -0.3 is 5.73 Å². The predicted molar refractivity (Wildman–Crippen MR) is 71.7 cm³/mol. The lowest BCUT2D eigenvalue weighted by Gasteiger charge is -2.12. The Morgan fingerprint density at radius 3 is 2.53 bits per heavy atom. The zero-order chi connectivity index (χ0) is 12.4. The van der Waals surface area contributed by atoms with Gasteiger partial charge in [-0.3, -0.25) is 0 Å². The summed E-state index contributed by atoms with van der Waals surface area (Å²) < 4.78 is 3.87. The zero-order valence-electron chi connectivity index (χ0n) is 9.15. The van der Waals surface area contributed by atoms with Gasteiger partial charge in [0.1, 0.15) is 0 Å². The summed E-state index contributed by atoms with van der Waals surface area (Å²) in [5, 5.41) is 5.23. The van der Waals surface area contributed by atoms with E-state index in [1.165, 1.54) is 11.5 Å². The fraction of sp³-hybridized carbons (Fsp3) is 0.273. The molecule has 1 atom stereocenters. The number of nitrogens with two attached hydrogens (primary N) is 1. The number of benzene rings is 1. The van der Waals surface area contributed by atoms with E-state index in [-0.39, 0.29) is 6.04 Å². The lowest BCUT2D eigenvalue weighted by Crippen LogP contribution is -2.13. The van der Waals surface area contributed by atoms with Crippen molar-refractivity contribution in [3.63, 3.8) is 0 Å². The molecule has 2 aromatic rings. The Morgan fingerprint density at radius 1 is 1.35 bits per heavy atom. The molecule has 3 nitrogen and oxygen atoms in total. The van der Waals surface area contributed by atoms with Gasteiger partial charge in [-0.15, -0.1) is 5.10 Å². The van der Waals surface area contributed by atoms with E-state index < -0.39 is 0 Å². The molecule has 0 amide bonds. The summed E-state index contributed by atoms with van der Waals surface area (Å²) in [6.45, 7) is 1.90. The fourth-order valence-corrected chi connectivity index (χ4v) is 2.81. The monoisotopic (exact) mass is 287 g/mol. The van der Waals surface area contributed by atoms with Crippen molar-refractivity contribution in [1.82, 2.24) is 9.59 Å². The standard InChI is InChI=1S/C11H11Cl2N3S/c1-6-11(17-16-15-6)10(14)5-7-8(12)3-2-4-9(7)13/h2-4,10H,5,14H2,1H3. The van der Waals surface area contributed by atoms with Crippen molar-refractivity contribution >= 4 is 34.7 Å². The largest absolute Gasteiger partial charge is 0.323 e. The number of aryl methyl sites for hydroxylation is 1. The molecule has 1 aromatic heterocycles. The normalized spacial score (nSPS) is 12.7. The Hall–Kier alpha value is -0.680. The van der Waals surface area contributed by atoms with Crippen LogP contribution in [0.4, 0.5) is 0 Å². The molecule has 0 saturated heterocycles. The van der Waals surface area contributed by atoms with Crippen LogP contribution in [0.3, 0.4) is 0 Å². The molecule has 0 bridgehead atoms. The van der Waals surface area contributed by atoms with Crippen LogP contribution in [0.1, 0.15) is 22.2 Å². The smallest absolute Gasteiger partial charge is 0.0772 e. The lowest BCUT2D eigenvalue weighted by atomic mass is 10.0. The molecule has 0 radical (unpaired) electrons. The first-order chi connectivity index (χ1) is 8.09. The summed E-state index contributed by atoms with van der Waals surface area (Å²) in [6.07, 6.45) is 0.587. The summed E-state index contributed by atoms with van der Waals surface area (Å²) in [6, 6.07) is 5.27. The molecule has 2 rings (SSSR count). The van der Waals surface area contributed by atoms with Crippen LogP contribution in [0.25, 0.3) is 0 Å². The first-order valence-electron chi connectivity index (χ1n) is 5.07. The Balaban J connectivity index is 2.25. The quantitative estimate of drug-likeness (QED) is 0.941. The molecule has 90 valence electrons. The van der Waals surface area contributed by atoms with Crippen molar-refractivity contribution < 1.29 is 0 Å². The van der Waals surface area contributed by atoms with Gasteiger partial charge in [0.25, 0.3) is 0 Å². The summed E-state index contributed by atoms with van der Waals surface area (Å²) >= 11 is 13.5. The van der Waals surface area contributed by atoms with E-state index in [0.717, 1.165) is 16.1 Å². The topological polar surface area (TPSA) is 51.8 Å². The Bertz CT molecular complexity index is 507. The number of nitrogens with zero attached hydrogens (tertiary/aromatic N) is 2. The summed E-state index contributed by atoms with van der Waals surface area (Å²) in [5.41, 5.74) is 7.86. The highest BCUT2D eigenvalue weighted by Gasteiger charge is 2.16. The SMILES string of the molecule is Cc1nnsc1C(N)Cc1c(Cl)cccc1Cl. The van der Waals surface area contributed by atoms with E-state index in [4.69, 9.17) is 28.9 Å². The van der Waals surface area contributed by atoms with Gasteiger partial charge in [0, 0.05) is 16.1 Å². The van der Waals surface area contributed by atoms with Crippen LogP contribution in [0.2, 0.25) is 10.0 Å². The van der Waals surface area contributed by atoms with Gasteiger partial charge in [0.2, 0.25) is 0 Å². The van der Waals surface area contributed by atoms with E-state index in [1.54, 1.807) is 0 Å². The van der Waals surface area contributed by atoms with E-state index in [1.807, 2.05) is 25.1 Å². The van der Waals surface area contributed by atoms with E-state index in [0.29, 0.717) is 16.5 Å². The number of hydrogen-bond acceptors (Lipinski definition) is 4. The van der Waals surface area contributed by atoms with Gasteiger partial charge in [-0.2, -0.15) is 0 Å². The van der Waals surface area contributed by atoms with Gasteiger partial charge in [-0.05, 0) is 42.6 Å². The highest BCUT2D eigenvalue weighted by Crippen LogP contribution is 2.29. The second-order valence-electron chi connectivity index (χ2n) is 3.73. The van der Waals surface area contributed by atoms with Crippen molar-refractivity contribution in [2.45, 2.75) is 19.4 Å². The van der Waals surface area contributed by atoms with Crippen LogP contribution in [-0.2, 0) is 6.42 Å². The molecule has 0 aliphatic heterocycles. The van der Waals surface area contributed by atoms with Crippen molar-refractivity contribution in [1.29, 1.82) is 0 Å². The van der Waals surface area contributed by atoms with E-state index in [2.05, 4.69) is 9.59 Å². The molecule has 1 aromatic carbocycles. The zero-order valence-corrected chi connectivity index (χ0v) is 11.5. The third-order valence-electron chi connectivity index (χ3n) is 2.51. The minimum atomic E-state index is -0.174. The Morgan fingerprint density at radius 2 is 2.00 bits per heavy atom. The molecule has 2 N–H and O–H groups in total. The maximum Gasteiger partial charge on any atom is 0.0772 e. The fourth-order valence-electron chi connectivity index (χ4n) is 1.62. The maximum absolute atomic E-state index is 6.12. The van der Waals surface area contributed by atoms with Gasteiger partial charge >= 0.3 is 0 Å². The number of rotatable bonds is 3. The van der Waals surface area contributed by atoms with Crippen LogP contribution < -0.4 is 5.73 Å². The molecule has 0 aliphatic rings. The third-order valence-corrected chi connectivity index (χ3v) is 4.18. The molecular weight excluding hydrogens is 277 g/mol. The molecule has 1 unspecified atom stereocenters. The summed E-state index contributed by atoms with van der Waals surface area (Å²) in [4.78, 5) is 0.973. The Kier molecular flexibility index (Phi) is 3.99. The van der Waals surface area contributed by atoms with Crippen LogP contribution in [0.5, 0.6) is 0 Å². The van der Waals surface area contributed by atoms with Crippen molar-refractivity contribution in [2.75, 3.05) is 0 Å². The minimum absolute atomic E-state index is 0.174. The van der Waals surface area contributed by atoms with Gasteiger partial charge in [0.15, 0.2) is 0 Å². The van der Waals surface area contributed by atoms with Crippen LogP contribution in [-0.4, -0.2) is 9.59 Å². The van der Waals surface area contributed by atoms with Gasteiger partial charge in [-0.25, -0.2) is 0 Å². The molecule has 17 heavy (non-hydrogen) atoms. The molecule has 0 aliphatic carbocycles. The average molecular weight is 288 g/mol. The van der Waals surface area contributed by atoms with E-state index in [9.17, 15) is 0 Å². The number of hydrogen-bond donors (Lipinski definition) is 1. The molecule has 0 saturated carbocycles. The average Bonchev–Trinajstić information content (AvgIpc) is 2.70. The summed E-state index contributed by atoms with van der Waals surface area (Å²) in [7, 11) is 0. The molecule has 0 fully saturated rings. The molecule has 6 heteroatoms. The minimum Gasteiger partial charge on any atom is -0.323 e. The molecule has 1 heterocycles. The van der Waals surface area contributed by atoms with Crippen molar-refractivity contribution in [3.05, 3.63) is 44.4 Å². The van der Waals surface area contributed by atoms with Crippen LogP contribution in [0, 0.1) is 6.92 Å². The van der Waals surface area contributed by atoms with Crippen LogP contribution >= 0.6 is 34.7 Å². The Labute approximate surface area is 114 Å². The number of aromatic nitrogens is 2. The van der Waals surface area contributed by atoms with Gasteiger partial charge in [-0.1, -0.05) is 33.8 Å². The lowest BCUT2D eigenvalue weighted by molar-refractivity contribution is 0.728. The maximum atomic E-state index is 6.12.